The largest absolute Gasteiger partial charge is 0.368 e. The molecule has 0 unspecified atom stereocenters. The van der Waals surface area contributed by atoms with Crippen LogP contribution in [0.15, 0.2) is 24.7 Å². The van der Waals surface area contributed by atoms with Gasteiger partial charge in [-0.3, -0.25) is 19.2 Å². The molecular weight excluding hydrogens is 336 g/mol. The van der Waals surface area contributed by atoms with Crippen LogP contribution >= 0.6 is 0 Å². The number of aromatic nitrogens is 4. The Morgan fingerprint density at radius 1 is 1.54 bits per heavy atom. The summed E-state index contributed by atoms with van der Waals surface area (Å²) in [5, 5.41) is 16.3. The van der Waals surface area contributed by atoms with Crippen LogP contribution in [-0.2, 0) is 16.1 Å². The van der Waals surface area contributed by atoms with Crippen molar-refractivity contribution in [1.82, 2.24) is 19.7 Å². The molecule has 0 radical (unpaired) electrons. The highest BCUT2D eigenvalue weighted by Crippen LogP contribution is 2.36. The molecule has 2 aromatic heterocycles. The SMILES string of the molecule is CC[C@]1(C#N)CCN(c2ccnc(Nc3cnn(CC(N)=O)c3)n2)C1=O. The number of primary amides is 1. The van der Waals surface area contributed by atoms with Gasteiger partial charge < -0.3 is 11.1 Å². The van der Waals surface area contributed by atoms with Gasteiger partial charge in [0.25, 0.3) is 0 Å². The minimum Gasteiger partial charge on any atom is -0.368 e. The second-order valence-electron chi connectivity index (χ2n) is 6.01. The zero-order valence-electron chi connectivity index (χ0n) is 14.2. The molecule has 0 aromatic carbocycles. The molecule has 0 aliphatic carbocycles. The molecule has 0 bridgehead atoms. The summed E-state index contributed by atoms with van der Waals surface area (Å²) in [5.74, 6) is -0.0220. The number of hydrogen-bond acceptors (Lipinski definition) is 7. The van der Waals surface area contributed by atoms with Gasteiger partial charge in [-0.1, -0.05) is 6.92 Å². The van der Waals surface area contributed by atoms with Crippen molar-refractivity contribution in [2.75, 3.05) is 16.8 Å². The second kappa shape index (κ2) is 6.79. The first-order chi connectivity index (χ1) is 12.5. The summed E-state index contributed by atoms with van der Waals surface area (Å²) in [7, 11) is 0. The van der Waals surface area contributed by atoms with Gasteiger partial charge in [0.2, 0.25) is 17.8 Å². The summed E-state index contributed by atoms with van der Waals surface area (Å²) in [6.45, 7) is 2.24. The van der Waals surface area contributed by atoms with Crippen molar-refractivity contribution in [2.45, 2.75) is 26.3 Å². The maximum absolute atomic E-state index is 12.6. The number of amides is 2. The van der Waals surface area contributed by atoms with Gasteiger partial charge in [-0.05, 0) is 18.9 Å². The molecule has 1 aliphatic heterocycles. The molecule has 1 atom stereocenters. The number of carbonyl (C=O) groups excluding carboxylic acids is 2. The van der Waals surface area contributed by atoms with E-state index < -0.39 is 11.3 Å². The molecule has 10 heteroatoms. The number of hydrogen-bond donors (Lipinski definition) is 2. The highest BCUT2D eigenvalue weighted by Gasteiger charge is 2.46. The fraction of sp³-hybridized carbons (Fsp3) is 0.375. The third-order valence-electron chi connectivity index (χ3n) is 4.36. The minimum atomic E-state index is -0.978. The Kier molecular flexibility index (Phi) is 4.53. The molecule has 26 heavy (non-hydrogen) atoms. The zero-order valence-corrected chi connectivity index (χ0v) is 14.2. The Balaban J connectivity index is 1.77. The van der Waals surface area contributed by atoms with Crippen molar-refractivity contribution in [3.8, 4) is 6.07 Å². The third kappa shape index (κ3) is 3.19. The summed E-state index contributed by atoms with van der Waals surface area (Å²) in [6.07, 6.45) is 5.58. The molecule has 0 spiro atoms. The minimum absolute atomic E-state index is 0.0296. The lowest BCUT2D eigenvalue weighted by Crippen LogP contribution is -2.33. The van der Waals surface area contributed by atoms with Crippen LogP contribution in [0.4, 0.5) is 17.5 Å². The number of nitrogens with zero attached hydrogens (tertiary/aromatic N) is 6. The van der Waals surface area contributed by atoms with Gasteiger partial charge in [-0.2, -0.15) is 15.3 Å². The molecule has 1 saturated heterocycles. The number of rotatable bonds is 6. The number of nitrogens with one attached hydrogen (secondary N) is 1. The molecule has 2 amide bonds. The number of anilines is 3. The molecule has 3 heterocycles. The fourth-order valence-electron chi connectivity index (χ4n) is 2.86. The van der Waals surface area contributed by atoms with Gasteiger partial charge in [-0.25, -0.2) is 4.98 Å². The topological polar surface area (TPSA) is 143 Å². The molecule has 134 valence electrons. The van der Waals surface area contributed by atoms with Crippen molar-refractivity contribution in [2.24, 2.45) is 11.1 Å². The van der Waals surface area contributed by atoms with Crippen molar-refractivity contribution in [3.63, 3.8) is 0 Å². The summed E-state index contributed by atoms with van der Waals surface area (Å²) < 4.78 is 1.39. The number of carbonyl (C=O) groups is 2. The molecule has 1 fully saturated rings. The smallest absolute Gasteiger partial charge is 0.248 e. The Morgan fingerprint density at radius 3 is 3.00 bits per heavy atom. The summed E-state index contributed by atoms with van der Waals surface area (Å²) >= 11 is 0. The monoisotopic (exact) mass is 354 g/mol. The highest BCUT2D eigenvalue weighted by molar-refractivity contribution is 6.01. The molecular formula is C16H18N8O2. The lowest BCUT2D eigenvalue weighted by Gasteiger charge is -2.19. The third-order valence-corrected chi connectivity index (χ3v) is 4.36. The van der Waals surface area contributed by atoms with Crippen molar-refractivity contribution in [1.29, 1.82) is 5.26 Å². The Morgan fingerprint density at radius 2 is 2.35 bits per heavy atom. The van der Waals surface area contributed by atoms with E-state index >= 15 is 0 Å². The second-order valence-corrected chi connectivity index (χ2v) is 6.01. The van der Waals surface area contributed by atoms with Gasteiger partial charge in [0, 0.05) is 18.9 Å². The van der Waals surface area contributed by atoms with Gasteiger partial charge in [0.15, 0.2) is 0 Å². The van der Waals surface area contributed by atoms with Crippen LogP contribution in [0.2, 0.25) is 0 Å². The van der Waals surface area contributed by atoms with E-state index in [-0.39, 0.29) is 18.4 Å². The molecule has 1 aliphatic rings. The van der Waals surface area contributed by atoms with Crippen LogP contribution in [0, 0.1) is 16.7 Å². The van der Waals surface area contributed by atoms with Crippen molar-refractivity contribution in [3.05, 3.63) is 24.7 Å². The van der Waals surface area contributed by atoms with Crippen LogP contribution in [0.3, 0.4) is 0 Å². The Bertz CT molecular complexity index is 886. The van der Waals surface area contributed by atoms with Crippen LogP contribution < -0.4 is 16.0 Å². The summed E-state index contributed by atoms with van der Waals surface area (Å²) in [5.41, 5.74) is 4.73. The van der Waals surface area contributed by atoms with Gasteiger partial charge in [0.05, 0.1) is 18.0 Å². The normalized spacial score (nSPS) is 19.4. The fourth-order valence-corrected chi connectivity index (χ4v) is 2.86. The van der Waals surface area contributed by atoms with Crippen LogP contribution in [-0.4, -0.2) is 38.1 Å². The van der Waals surface area contributed by atoms with Crippen molar-refractivity contribution < 1.29 is 9.59 Å². The maximum atomic E-state index is 12.6. The quantitative estimate of drug-likeness (QED) is 0.771. The first-order valence-corrected chi connectivity index (χ1v) is 8.11. The summed E-state index contributed by atoms with van der Waals surface area (Å²) in [6, 6.07) is 3.78. The Hall–Kier alpha value is -3.48. The van der Waals surface area contributed by atoms with E-state index in [1.165, 1.54) is 22.0 Å². The molecule has 3 rings (SSSR count). The van der Waals surface area contributed by atoms with E-state index in [0.717, 1.165) is 0 Å². The van der Waals surface area contributed by atoms with Crippen LogP contribution in [0.5, 0.6) is 0 Å². The van der Waals surface area contributed by atoms with E-state index in [0.29, 0.717) is 30.9 Å². The lowest BCUT2D eigenvalue weighted by atomic mass is 9.85. The average molecular weight is 354 g/mol. The first-order valence-electron chi connectivity index (χ1n) is 8.11. The average Bonchev–Trinajstić information content (AvgIpc) is 3.19. The molecule has 3 N–H and O–H groups in total. The van der Waals surface area contributed by atoms with E-state index in [2.05, 4.69) is 26.5 Å². The lowest BCUT2D eigenvalue weighted by molar-refractivity contribution is -0.123. The number of nitriles is 1. The zero-order chi connectivity index (χ0) is 18.7. The Labute approximate surface area is 149 Å². The molecule has 2 aromatic rings. The van der Waals surface area contributed by atoms with Gasteiger partial charge >= 0.3 is 0 Å². The predicted octanol–water partition coefficient (Wildman–Crippen LogP) is 0.559. The van der Waals surface area contributed by atoms with Crippen LogP contribution in [0.1, 0.15) is 19.8 Å². The van der Waals surface area contributed by atoms with Crippen LogP contribution in [0.25, 0.3) is 0 Å². The van der Waals surface area contributed by atoms with Gasteiger partial charge in [-0.15, -0.1) is 0 Å². The van der Waals surface area contributed by atoms with Crippen molar-refractivity contribution >= 4 is 29.3 Å². The molecule has 0 saturated carbocycles. The predicted molar refractivity (Wildman–Crippen MR) is 92.0 cm³/mol. The first kappa shape index (κ1) is 17.3. The molecule has 10 nitrogen and oxygen atoms in total. The van der Waals surface area contributed by atoms with Gasteiger partial charge in [0.1, 0.15) is 17.8 Å². The van der Waals surface area contributed by atoms with E-state index in [1.807, 2.05) is 6.92 Å². The standard InChI is InChI=1S/C16H18N8O2/c1-2-16(10-17)4-6-24(14(16)26)13-3-5-19-15(22-13)21-11-7-20-23(8-11)9-12(18)25/h3,5,7-8H,2,4,6,9H2,1H3,(H2,18,25)(H,19,21,22)/t16-/m1/s1. The van der Waals surface area contributed by atoms with E-state index in [4.69, 9.17) is 5.73 Å². The highest BCUT2D eigenvalue weighted by atomic mass is 16.2. The maximum Gasteiger partial charge on any atom is 0.248 e. The van der Waals surface area contributed by atoms with E-state index in [9.17, 15) is 14.9 Å². The number of nitrogens with two attached hydrogens (primary N) is 1. The van der Waals surface area contributed by atoms with E-state index in [1.54, 1.807) is 12.3 Å². The summed E-state index contributed by atoms with van der Waals surface area (Å²) in [4.78, 5) is 33.5.